The molecule has 8 nitrogen and oxygen atoms in total. The van der Waals surface area contributed by atoms with Gasteiger partial charge in [0.2, 0.25) is 6.79 Å². The van der Waals surface area contributed by atoms with Gasteiger partial charge in [-0.05, 0) is 36.8 Å². The molecule has 1 aromatic heterocycles. The lowest BCUT2D eigenvalue weighted by Crippen LogP contribution is -2.25. The third-order valence-electron chi connectivity index (χ3n) is 3.66. The van der Waals surface area contributed by atoms with E-state index in [0.29, 0.717) is 35.9 Å². The summed E-state index contributed by atoms with van der Waals surface area (Å²) in [4.78, 5) is 27.8. The van der Waals surface area contributed by atoms with Crippen molar-refractivity contribution in [2.24, 2.45) is 0 Å². The van der Waals surface area contributed by atoms with Crippen LogP contribution in [0.4, 0.5) is 4.79 Å². The monoisotopic (exact) mass is 357 g/mol. The molecule has 0 saturated carbocycles. The van der Waals surface area contributed by atoms with Crippen LogP contribution in [0.3, 0.4) is 0 Å². The second-order valence-electron chi connectivity index (χ2n) is 5.48. The number of amides is 2. The summed E-state index contributed by atoms with van der Waals surface area (Å²) < 4.78 is 15.4. The second-order valence-corrected chi connectivity index (χ2v) is 5.48. The van der Waals surface area contributed by atoms with Crippen molar-refractivity contribution < 1.29 is 23.8 Å². The number of carbonyl (C=O) groups is 2. The molecule has 0 atom stereocenters. The van der Waals surface area contributed by atoms with Gasteiger partial charge in [-0.25, -0.2) is 4.79 Å². The van der Waals surface area contributed by atoms with Gasteiger partial charge in [-0.15, -0.1) is 0 Å². The smallest absolute Gasteiger partial charge is 0.407 e. The zero-order valence-corrected chi connectivity index (χ0v) is 14.3. The third-order valence-corrected chi connectivity index (χ3v) is 3.66. The Morgan fingerprint density at radius 2 is 1.96 bits per heavy atom. The number of nitrogens with one attached hydrogen (secondary N) is 2. The molecule has 0 spiro atoms. The first-order chi connectivity index (χ1) is 12.7. The maximum Gasteiger partial charge on any atom is 0.407 e. The van der Waals surface area contributed by atoms with Gasteiger partial charge in [0.15, 0.2) is 11.5 Å². The molecule has 1 aliphatic rings. The summed E-state index contributed by atoms with van der Waals surface area (Å²) in [5.74, 6) is 1.14. The van der Waals surface area contributed by atoms with Crippen molar-refractivity contribution in [2.75, 3.05) is 13.4 Å². The van der Waals surface area contributed by atoms with Crippen LogP contribution in [0, 0.1) is 0 Å². The molecule has 2 amide bonds. The number of alkyl carbamates (subject to hydrolysis) is 1. The fourth-order valence-electron chi connectivity index (χ4n) is 2.40. The van der Waals surface area contributed by atoms with Crippen LogP contribution in [-0.4, -0.2) is 30.4 Å². The van der Waals surface area contributed by atoms with Crippen LogP contribution in [-0.2, 0) is 17.8 Å². The Kier molecular flexibility index (Phi) is 5.52. The molecule has 0 unspecified atom stereocenters. The summed E-state index contributed by atoms with van der Waals surface area (Å²) in [5, 5.41) is 5.41. The van der Waals surface area contributed by atoms with Gasteiger partial charge in [0.1, 0.15) is 0 Å². The van der Waals surface area contributed by atoms with Crippen molar-refractivity contribution in [3.05, 3.63) is 53.3 Å². The van der Waals surface area contributed by atoms with E-state index in [1.54, 1.807) is 19.1 Å². The second kappa shape index (κ2) is 8.19. The van der Waals surface area contributed by atoms with Crippen LogP contribution in [0.2, 0.25) is 0 Å². The zero-order valence-electron chi connectivity index (χ0n) is 14.3. The minimum atomic E-state index is -0.521. The number of benzene rings is 1. The van der Waals surface area contributed by atoms with Gasteiger partial charge in [-0.3, -0.25) is 9.78 Å². The summed E-state index contributed by atoms with van der Waals surface area (Å²) in [6, 6.07) is 8.76. The van der Waals surface area contributed by atoms with Crippen molar-refractivity contribution in [1.82, 2.24) is 15.6 Å². The molecule has 2 N–H and O–H groups in total. The average molecular weight is 357 g/mol. The summed E-state index contributed by atoms with van der Waals surface area (Å²) in [6.45, 7) is 2.77. The van der Waals surface area contributed by atoms with Gasteiger partial charge < -0.3 is 24.8 Å². The topological polar surface area (TPSA) is 98.8 Å². The number of ether oxygens (including phenoxy) is 3. The molecule has 0 aliphatic carbocycles. The van der Waals surface area contributed by atoms with E-state index in [1.165, 1.54) is 6.20 Å². The molecular weight excluding hydrogens is 338 g/mol. The van der Waals surface area contributed by atoms with E-state index < -0.39 is 6.09 Å². The number of hydrogen-bond acceptors (Lipinski definition) is 6. The number of rotatable bonds is 6. The predicted molar refractivity (Wildman–Crippen MR) is 91.8 cm³/mol. The van der Waals surface area contributed by atoms with E-state index in [0.717, 1.165) is 5.56 Å². The number of fused-ring (bicyclic) bond motifs is 1. The number of pyridine rings is 1. The van der Waals surface area contributed by atoms with Crippen LogP contribution >= 0.6 is 0 Å². The van der Waals surface area contributed by atoms with Crippen LogP contribution in [0.5, 0.6) is 11.5 Å². The number of carbonyl (C=O) groups excluding carboxylic acids is 2. The highest BCUT2D eigenvalue weighted by Crippen LogP contribution is 2.32. The number of nitrogens with zero attached hydrogens (tertiary/aromatic N) is 1. The van der Waals surface area contributed by atoms with Gasteiger partial charge in [0, 0.05) is 18.3 Å². The van der Waals surface area contributed by atoms with Gasteiger partial charge in [0.05, 0.1) is 18.8 Å². The molecule has 26 heavy (non-hydrogen) atoms. The van der Waals surface area contributed by atoms with Gasteiger partial charge >= 0.3 is 6.09 Å². The predicted octanol–water partition coefficient (Wildman–Crippen LogP) is 1.99. The van der Waals surface area contributed by atoms with Crippen molar-refractivity contribution >= 4 is 12.0 Å². The van der Waals surface area contributed by atoms with E-state index in [1.807, 2.05) is 18.2 Å². The highest BCUT2D eigenvalue weighted by Gasteiger charge is 2.14. The Morgan fingerprint density at radius 1 is 1.12 bits per heavy atom. The van der Waals surface area contributed by atoms with Gasteiger partial charge in [0.25, 0.3) is 5.91 Å². The number of aromatic nitrogens is 1. The number of hydrogen-bond donors (Lipinski definition) is 2. The van der Waals surface area contributed by atoms with Crippen molar-refractivity contribution in [1.29, 1.82) is 0 Å². The molecule has 0 saturated heterocycles. The van der Waals surface area contributed by atoms with Crippen LogP contribution < -0.4 is 20.1 Å². The standard InChI is InChI=1S/C18H19N3O5/c1-2-24-18(23)21-10-14-8-13(5-6-19-14)17(22)20-9-12-3-4-15-16(7-12)26-11-25-15/h3-8H,2,9-11H2,1H3,(H,20,22)(H,21,23). The first-order valence-corrected chi connectivity index (χ1v) is 8.18. The first kappa shape index (κ1) is 17.5. The van der Waals surface area contributed by atoms with Gasteiger partial charge in [-0.1, -0.05) is 6.07 Å². The van der Waals surface area contributed by atoms with Crippen molar-refractivity contribution in [3.8, 4) is 11.5 Å². The lowest BCUT2D eigenvalue weighted by molar-refractivity contribution is 0.0950. The minimum absolute atomic E-state index is 0.183. The molecule has 2 aromatic rings. The van der Waals surface area contributed by atoms with E-state index in [4.69, 9.17) is 14.2 Å². The van der Waals surface area contributed by atoms with Crippen LogP contribution in [0.15, 0.2) is 36.5 Å². The largest absolute Gasteiger partial charge is 0.454 e. The van der Waals surface area contributed by atoms with E-state index in [-0.39, 0.29) is 19.2 Å². The fourth-order valence-corrected chi connectivity index (χ4v) is 2.40. The summed E-state index contributed by atoms with van der Waals surface area (Å²) in [6.07, 6.45) is 1.00. The molecule has 0 bridgehead atoms. The first-order valence-electron chi connectivity index (χ1n) is 8.18. The Bertz CT molecular complexity index is 809. The highest BCUT2D eigenvalue weighted by molar-refractivity contribution is 5.94. The minimum Gasteiger partial charge on any atom is -0.454 e. The molecular formula is C18H19N3O5. The van der Waals surface area contributed by atoms with Gasteiger partial charge in [-0.2, -0.15) is 0 Å². The van der Waals surface area contributed by atoms with E-state index in [9.17, 15) is 9.59 Å². The normalized spacial score (nSPS) is 11.7. The summed E-state index contributed by atoms with van der Waals surface area (Å²) in [7, 11) is 0. The fraction of sp³-hybridized carbons (Fsp3) is 0.278. The Morgan fingerprint density at radius 3 is 2.81 bits per heavy atom. The quantitative estimate of drug-likeness (QED) is 0.820. The molecule has 1 aromatic carbocycles. The maximum atomic E-state index is 12.3. The van der Waals surface area contributed by atoms with E-state index >= 15 is 0 Å². The molecule has 3 rings (SSSR count). The Hall–Kier alpha value is -3.29. The van der Waals surface area contributed by atoms with Crippen molar-refractivity contribution in [3.63, 3.8) is 0 Å². The van der Waals surface area contributed by atoms with Crippen LogP contribution in [0.1, 0.15) is 28.5 Å². The SMILES string of the molecule is CCOC(=O)NCc1cc(C(=O)NCc2ccc3c(c2)OCO3)ccn1. The molecule has 8 heteroatoms. The highest BCUT2D eigenvalue weighted by atomic mass is 16.7. The zero-order chi connectivity index (χ0) is 18.4. The molecule has 136 valence electrons. The maximum absolute atomic E-state index is 12.3. The summed E-state index contributed by atoms with van der Waals surface area (Å²) >= 11 is 0. The lowest BCUT2D eigenvalue weighted by atomic mass is 10.1. The Labute approximate surface area is 150 Å². The average Bonchev–Trinajstić information content (AvgIpc) is 3.13. The lowest BCUT2D eigenvalue weighted by Gasteiger charge is -2.08. The Balaban J connectivity index is 1.56. The van der Waals surface area contributed by atoms with Crippen molar-refractivity contribution in [2.45, 2.75) is 20.0 Å². The molecule has 0 fully saturated rings. The van der Waals surface area contributed by atoms with E-state index in [2.05, 4.69) is 15.6 Å². The molecule has 0 radical (unpaired) electrons. The molecule has 2 heterocycles. The molecule has 1 aliphatic heterocycles. The van der Waals surface area contributed by atoms with Crippen LogP contribution in [0.25, 0.3) is 0 Å². The third kappa shape index (κ3) is 4.41. The summed E-state index contributed by atoms with van der Waals surface area (Å²) in [5.41, 5.74) is 1.93.